The zero-order chi connectivity index (χ0) is 25.8. The Morgan fingerprint density at radius 3 is 2.49 bits per heavy atom. The van der Waals surface area contributed by atoms with Gasteiger partial charge in [-0.25, -0.2) is 0 Å². The first-order valence-corrected chi connectivity index (χ1v) is 12.7. The van der Waals surface area contributed by atoms with Crippen LogP contribution in [0, 0.1) is 0 Å². The van der Waals surface area contributed by atoms with E-state index in [-0.39, 0.29) is 24.6 Å². The SMILES string of the molecule is CC(C)n1cccc1C1C(c2ccccn2)NC(=S)N1c1ccc(NC(=O)COc2ccccc2)cc1. The Balaban J connectivity index is 1.38. The molecule has 0 spiro atoms. The van der Waals surface area contributed by atoms with Crippen LogP contribution in [-0.2, 0) is 4.79 Å². The van der Waals surface area contributed by atoms with Crippen LogP contribution in [-0.4, -0.2) is 27.2 Å². The summed E-state index contributed by atoms with van der Waals surface area (Å²) in [4.78, 5) is 19.2. The van der Waals surface area contributed by atoms with E-state index in [0.717, 1.165) is 17.1 Å². The lowest BCUT2D eigenvalue weighted by atomic mass is 10.0. The number of pyridine rings is 1. The zero-order valence-corrected chi connectivity index (χ0v) is 21.6. The summed E-state index contributed by atoms with van der Waals surface area (Å²) >= 11 is 5.83. The molecule has 5 rings (SSSR count). The van der Waals surface area contributed by atoms with Crippen LogP contribution < -0.4 is 20.3 Å². The molecule has 1 aliphatic heterocycles. The normalized spacial score (nSPS) is 17.1. The number of aromatic nitrogens is 2. The van der Waals surface area contributed by atoms with Crippen LogP contribution in [0.25, 0.3) is 0 Å². The van der Waals surface area contributed by atoms with Crippen molar-refractivity contribution in [2.75, 3.05) is 16.8 Å². The third-order valence-electron chi connectivity index (χ3n) is 6.31. The highest BCUT2D eigenvalue weighted by Gasteiger charge is 2.42. The van der Waals surface area contributed by atoms with Crippen molar-refractivity contribution in [3.63, 3.8) is 0 Å². The first kappa shape index (κ1) is 24.5. The smallest absolute Gasteiger partial charge is 0.262 e. The molecule has 2 N–H and O–H groups in total. The summed E-state index contributed by atoms with van der Waals surface area (Å²) in [6, 6.07) is 27.2. The van der Waals surface area contributed by atoms with E-state index in [1.54, 1.807) is 6.20 Å². The lowest BCUT2D eigenvalue weighted by molar-refractivity contribution is -0.118. The van der Waals surface area contributed by atoms with Gasteiger partial charge in [-0.05, 0) is 86.7 Å². The van der Waals surface area contributed by atoms with Crippen LogP contribution in [0.15, 0.2) is 97.3 Å². The average molecular weight is 512 g/mol. The topological polar surface area (TPSA) is 71.4 Å². The number of thiocarbonyl (C=S) groups is 1. The Morgan fingerprint density at radius 1 is 1.03 bits per heavy atom. The van der Waals surface area contributed by atoms with E-state index >= 15 is 0 Å². The maximum absolute atomic E-state index is 12.4. The standard InChI is InChI=1S/C29H29N5O2S/c1-20(2)33-18-8-12-25(33)28-27(24-11-6-7-17-30-24)32-29(37)34(28)22-15-13-21(14-16-22)31-26(35)19-36-23-9-4-3-5-10-23/h3-18,20,27-28H,19H2,1-2H3,(H,31,35)(H,32,37). The van der Waals surface area contributed by atoms with Gasteiger partial charge in [0.2, 0.25) is 0 Å². The van der Waals surface area contributed by atoms with Gasteiger partial charge in [0.25, 0.3) is 5.91 Å². The maximum atomic E-state index is 12.4. The fraction of sp³-hybridized carbons (Fsp3) is 0.207. The number of para-hydroxylation sites is 1. The second kappa shape index (κ2) is 10.8. The number of nitrogens with zero attached hydrogens (tertiary/aromatic N) is 3. The molecule has 188 valence electrons. The highest BCUT2D eigenvalue weighted by molar-refractivity contribution is 7.80. The van der Waals surface area contributed by atoms with E-state index in [0.29, 0.717) is 22.6 Å². The summed E-state index contributed by atoms with van der Waals surface area (Å²) in [5, 5.41) is 7.02. The molecule has 8 heteroatoms. The third kappa shape index (κ3) is 5.34. The van der Waals surface area contributed by atoms with Gasteiger partial charge in [0, 0.05) is 35.5 Å². The molecule has 0 aliphatic carbocycles. The molecule has 2 unspecified atom stereocenters. The van der Waals surface area contributed by atoms with E-state index in [1.165, 1.54) is 0 Å². The van der Waals surface area contributed by atoms with E-state index in [2.05, 4.69) is 57.3 Å². The van der Waals surface area contributed by atoms with E-state index in [1.807, 2.05) is 72.8 Å². The number of nitrogens with one attached hydrogen (secondary N) is 2. The minimum absolute atomic E-state index is 0.0636. The minimum atomic E-state index is -0.224. The number of carbonyl (C=O) groups excluding carboxylic acids is 1. The largest absolute Gasteiger partial charge is 0.484 e. The van der Waals surface area contributed by atoms with Gasteiger partial charge in [-0.15, -0.1) is 0 Å². The summed E-state index contributed by atoms with van der Waals surface area (Å²) < 4.78 is 7.81. The van der Waals surface area contributed by atoms with Crippen molar-refractivity contribution in [3.8, 4) is 5.75 Å². The molecule has 1 saturated heterocycles. The molecular formula is C29H29N5O2S. The van der Waals surface area contributed by atoms with Crippen molar-refractivity contribution in [2.24, 2.45) is 0 Å². The van der Waals surface area contributed by atoms with Gasteiger partial charge in [-0.1, -0.05) is 24.3 Å². The fourth-order valence-electron chi connectivity index (χ4n) is 4.63. The number of rotatable bonds is 8. The van der Waals surface area contributed by atoms with Gasteiger partial charge in [0.1, 0.15) is 11.8 Å². The number of amides is 1. The molecule has 2 atom stereocenters. The molecule has 37 heavy (non-hydrogen) atoms. The minimum Gasteiger partial charge on any atom is -0.484 e. The Bertz CT molecular complexity index is 1360. The lowest BCUT2D eigenvalue weighted by Crippen LogP contribution is -2.30. The Hall–Kier alpha value is -4.17. The predicted octanol–water partition coefficient (Wildman–Crippen LogP) is 5.66. The molecule has 2 aromatic heterocycles. The second-order valence-corrected chi connectivity index (χ2v) is 9.51. The van der Waals surface area contributed by atoms with Crippen molar-refractivity contribution in [1.82, 2.24) is 14.9 Å². The first-order chi connectivity index (χ1) is 18.0. The van der Waals surface area contributed by atoms with Crippen molar-refractivity contribution in [3.05, 3.63) is 109 Å². The lowest BCUT2D eigenvalue weighted by Gasteiger charge is -2.30. The predicted molar refractivity (Wildman–Crippen MR) is 150 cm³/mol. The van der Waals surface area contributed by atoms with Crippen LogP contribution in [0.1, 0.15) is 43.4 Å². The molecule has 0 saturated carbocycles. The van der Waals surface area contributed by atoms with Crippen molar-refractivity contribution in [2.45, 2.75) is 32.0 Å². The molecule has 3 heterocycles. The van der Waals surface area contributed by atoms with Gasteiger partial charge < -0.3 is 24.8 Å². The molecule has 7 nitrogen and oxygen atoms in total. The highest BCUT2D eigenvalue weighted by Crippen LogP contribution is 2.42. The van der Waals surface area contributed by atoms with Crippen LogP contribution in [0.2, 0.25) is 0 Å². The molecule has 1 fully saturated rings. The summed E-state index contributed by atoms with van der Waals surface area (Å²) in [6.07, 6.45) is 3.91. The number of ether oxygens (including phenoxy) is 1. The number of benzene rings is 2. The second-order valence-electron chi connectivity index (χ2n) is 9.13. The molecule has 0 radical (unpaired) electrons. The summed E-state index contributed by atoms with van der Waals surface area (Å²) in [5.41, 5.74) is 3.69. The summed E-state index contributed by atoms with van der Waals surface area (Å²) in [5.74, 6) is 0.431. The monoisotopic (exact) mass is 511 g/mol. The quantitative estimate of drug-likeness (QED) is 0.298. The van der Waals surface area contributed by atoms with Gasteiger partial charge in [0.05, 0.1) is 11.7 Å². The first-order valence-electron chi connectivity index (χ1n) is 12.3. The Morgan fingerprint density at radius 2 is 1.78 bits per heavy atom. The van der Waals surface area contributed by atoms with E-state index in [4.69, 9.17) is 17.0 Å². The van der Waals surface area contributed by atoms with Gasteiger partial charge in [-0.3, -0.25) is 9.78 Å². The van der Waals surface area contributed by atoms with Crippen LogP contribution in [0.3, 0.4) is 0 Å². The van der Waals surface area contributed by atoms with Crippen molar-refractivity contribution in [1.29, 1.82) is 0 Å². The Kier molecular flexibility index (Phi) is 7.18. The Labute approximate surface area is 222 Å². The van der Waals surface area contributed by atoms with Gasteiger partial charge in [0.15, 0.2) is 11.7 Å². The highest BCUT2D eigenvalue weighted by atomic mass is 32.1. The molecule has 2 aromatic carbocycles. The van der Waals surface area contributed by atoms with E-state index < -0.39 is 0 Å². The van der Waals surface area contributed by atoms with Gasteiger partial charge in [-0.2, -0.15) is 0 Å². The number of hydrogen-bond acceptors (Lipinski definition) is 4. The third-order valence-corrected chi connectivity index (χ3v) is 6.63. The van der Waals surface area contributed by atoms with Crippen LogP contribution in [0.4, 0.5) is 11.4 Å². The molecule has 0 bridgehead atoms. The zero-order valence-electron chi connectivity index (χ0n) is 20.7. The number of anilines is 2. The molecular weight excluding hydrogens is 482 g/mol. The fourth-order valence-corrected chi connectivity index (χ4v) is 4.98. The molecule has 4 aromatic rings. The van der Waals surface area contributed by atoms with Crippen LogP contribution >= 0.6 is 12.2 Å². The molecule has 1 aliphatic rings. The summed E-state index contributed by atoms with van der Waals surface area (Å²) in [7, 11) is 0. The van der Waals surface area contributed by atoms with Crippen molar-refractivity contribution < 1.29 is 9.53 Å². The maximum Gasteiger partial charge on any atom is 0.262 e. The van der Waals surface area contributed by atoms with E-state index in [9.17, 15) is 4.79 Å². The average Bonchev–Trinajstić information content (AvgIpc) is 3.54. The molecule has 1 amide bonds. The van der Waals surface area contributed by atoms with Crippen LogP contribution in [0.5, 0.6) is 5.75 Å². The number of hydrogen-bond donors (Lipinski definition) is 2. The van der Waals surface area contributed by atoms with Gasteiger partial charge >= 0.3 is 0 Å². The summed E-state index contributed by atoms with van der Waals surface area (Å²) in [6.45, 7) is 4.28. The number of carbonyl (C=O) groups is 1. The van der Waals surface area contributed by atoms with Crippen molar-refractivity contribution >= 4 is 34.6 Å².